The van der Waals surface area contributed by atoms with Crippen LogP contribution in [0.25, 0.3) is 33.4 Å². The predicted octanol–water partition coefficient (Wildman–Crippen LogP) is 7.73. The summed E-state index contributed by atoms with van der Waals surface area (Å²) in [5.74, 6) is 1.36. The highest BCUT2D eigenvalue weighted by atomic mass is 35.5. The molecule has 0 saturated heterocycles. The van der Waals surface area contributed by atoms with Crippen LogP contribution in [0.2, 0.25) is 0 Å². The zero-order valence-corrected chi connectivity index (χ0v) is 26.6. The van der Waals surface area contributed by atoms with E-state index in [1.807, 2.05) is 30.6 Å². The molecule has 3 aromatic carbocycles. The second kappa shape index (κ2) is 15.0. The number of para-hydroxylation sites is 1. The van der Waals surface area contributed by atoms with Crippen LogP contribution in [0.4, 0.5) is 4.79 Å². The molecular weight excluding hydrogens is 585 g/mol. The molecule has 0 atom stereocenters. The highest BCUT2D eigenvalue weighted by Crippen LogP contribution is 2.31. The molecule has 1 N–H and O–H groups in total. The van der Waals surface area contributed by atoms with Gasteiger partial charge in [0.2, 0.25) is 0 Å². The van der Waals surface area contributed by atoms with Gasteiger partial charge >= 0.3 is 6.16 Å². The van der Waals surface area contributed by atoms with Crippen molar-refractivity contribution in [2.45, 2.75) is 47.2 Å². The van der Waals surface area contributed by atoms with E-state index in [2.05, 4.69) is 72.2 Å². The second-order valence-corrected chi connectivity index (χ2v) is 10.2. The number of hydrogen-bond donors (Lipinski definition) is 1. The summed E-state index contributed by atoms with van der Waals surface area (Å²) in [4.78, 5) is 23.3. The third-order valence-corrected chi connectivity index (χ3v) is 7.63. The van der Waals surface area contributed by atoms with Crippen LogP contribution in [0.5, 0.6) is 5.75 Å². The molecule has 0 fully saturated rings. The predicted molar refractivity (Wildman–Crippen MR) is 177 cm³/mol. The molecule has 0 unspecified atom stereocenters. The van der Waals surface area contributed by atoms with Crippen LogP contribution in [-0.4, -0.2) is 54.9 Å². The zero-order valence-electron chi connectivity index (χ0n) is 25.0. The third-order valence-electron chi connectivity index (χ3n) is 7.63. The van der Waals surface area contributed by atoms with E-state index in [0.717, 1.165) is 83.0 Å². The molecule has 5 rings (SSSR count). The first kappa shape index (κ1) is 33.6. The maximum atomic E-state index is 11.1. The first-order valence-electron chi connectivity index (χ1n) is 14.2. The molecule has 0 aliphatic heterocycles. The van der Waals surface area contributed by atoms with Gasteiger partial charge < -0.3 is 23.9 Å². The number of likely N-dealkylation sites (N-methyl/N-ethyl adjacent to an activating group) is 1. The first-order valence-corrected chi connectivity index (χ1v) is 14.2. The zero-order chi connectivity index (χ0) is 28.9. The Kier molecular flexibility index (Phi) is 11.8. The summed E-state index contributed by atoms with van der Waals surface area (Å²) < 4.78 is 9.44. The van der Waals surface area contributed by atoms with Gasteiger partial charge in [-0.2, -0.15) is 0 Å². The van der Waals surface area contributed by atoms with Crippen molar-refractivity contribution in [1.82, 2.24) is 24.0 Å². The van der Waals surface area contributed by atoms with Crippen molar-refractivity contribution in [3.8, 4) is 28.1 Å². The summed E-state index contributed by atoms with van der Waals surface area (Å²) in [5, 5.41) is 9.10. The van der Waals surface area contributed by atoms with E-state index in [4.69, 9.17) is 19.8 Å². The van der Waals surface area contributed by atoms with Gasteiger partial charge in [-0.25, -0.2) is 14.8 Å². The number of fused-ring (bicyclic) bond motifs is 1. The average molecular weight is 625 g/mol. The molecular formula is C33H39Cl2N5O3. The van der Waals surface area contributed by atoms with E-state index in [0.29, 0.717) is 12.3 Å². The summed E-state index contributed by atoms with van der Waals surface area (Å²) in [6, 6.07) is 19.7. The van der Waals surface area contributed by atoms with E-state index in [1.165, 1.54) is 0 Å². The van der Waals surface area contributed by atoms with Crippen LogP contribution in [0.15, 0.2) is 73.2 Å². The Morgan fingerprint density at radius 2 is 1.70 bits per heavy atom. The number of rotatable bonds is 11. The molecule has 10 heteroatoms. The number of carbonyl (C=O) groups is 1. The van der Waals surface area contributed by atoms with Crippen molar-refractivity contribution in [2.24, 2.45) is 0 Å². The number of aryl methyl sites for hydroxylation is 2. The Hall–Kier alpha value is -3.85. The molecule has 0 aliphatic carbocycles. The SMILES string of the molecule is CCc1nc2c(C)cc(-c3cn(CCN(CC)CC)cn3)cc2n1Cc1ccc(-c2ccccc2OC(=O)O)cc1.Cl.Cl. The normalized spacial score (nSPS) is 10.9. The smallest absolute Gasteiger partial charge is 0.449 e. The maximum absolute atomic E-state index is 11.1. The van der Waals surface area contributed by atoms with Crippen molar-refractivity contribution in [3.05, 3.63) is 90.1 Å². The Morgan fingerprint density at radius 1 is 0.977 bits per heavy atom. The van der Waals surface area contributed by atoms with Crippen LogP contribution in [0.1, 0.15) is 37.7 Å². The number of aromatic nitrogens is 4. The summed E-state index contributed by atoms with van der Waals surface area (Å²) in [6.45, 7) is 13.3. The molecule has 0 aliphatic rings. The van der Waals surface area contributed by atoms with Crippen molar-refractivity contribution < 1.29 is 14.6 Å². The Bertz CT molecular complexity index is 1660. The third kappa shape index (κ3) is 7.57. The molecule has 2 heterocycles. The number of benzene rings is 3. The number of ether oxygens (including phenoxy) is 1. The molecule has 0 saturated carbocycles. The maximum Gasteiger partial charge on any atom is 0.511 e. The molecule has 228 valence electrons. The Morgan fingerprint density at radius 3 is 2.37 bits per heavy atom. The van der Waals surface area contributed by atoms with E-state index in [1.54, 1.807) is 12.1 Å². The van der Waals surface area contributed by atoms with Crippen LogP contribution in [0.3, 0.4) is 0 Å². The lowest BCUT2D eigenvalue weighted by molar-refractivity contribution is 0.144. The van der Waals surface area contributed by atoms with Crippen LogP contribution in [0, 0.1) is 6.92 Å². The number of hydrogen-bond acceptors (Lipinski definition) is 5. The van der Waals surface area contributed by atoms with Crippen molar-refractivity contribution >= 4 is 42.0 Å². The lowest BCUT2D eigenvalue weighted by Gasteiger charge is -2.17. The van der Waals surface area contributed by atoms with Gasteiger partial charge in [0.1, 0.15) is 11.6 Å². The van der Waals surface area contributed by atoms with Gasteiger partial charge in [-0.05, 0) is 54.9 Å². The van der Waals surface area contributed by atoms with Gasteiger partial charge in [0.05, 0.1) is 23.1 Å². The highest BCUT2D eigenvalue weighted by Gasteiger charge is 2.16. The number of nitrogens with zero attached hydrogens (tertiary/aromatic N) is 5. The Balaban J connectivity index is 0.00000253. The molecule has 0 bridgehead atoms. The average Bonchev–Trinajstić information content (AvgIpc) is 3.59. The standard InChI is InChI=1S/C33H37N5O3.2ClH/c1-5-31-35-32-23(4)18-26(28-21-37(22-34-28)17-16-36(6-2)7-3)19-29(32)38(31)20-24-12-14-25(15-13-24)27-10-8-9-11-30(27)41-33(39)40;;/h8-15,18-19,21-22H,5-7,16-17,20H2,1-4H3,(H,39,40);2*1H. The van der Waals surface area contributed by atoms with Gasteiger partial charge in [-0.3, -0.25) is 0 Å². The molecule has 0 amide bonds. The summed E-state index contributed by atoms with van der Waals surface area (Å²) in [7, 11) is 0. The van der Waals surface area contributed by atoms with Crippen LogP contribution < -0.4 is 4.74 Å². The molecule has 0 spiro atoms. The molecule has 43 heavy (non-hydrogen) atoms. The minimum absolute atomic E-state index is 0. The summed E-state index contributed by atoms with van der Waals surface area (Å²) >= 11 is 0. The number of imidazole rings is 2. The summed E-state index contributed by atoms with van der Waals surface area (Å²) in [5.41, 5.74) is 8.06. The molecule has 2 aromatic heterocycles. The van der Waals surface area contributed by atoms with Gasteiger partial charge in [0.15, 0.2) is 0 Å². The summed E-state index contributed by atoms with van der Waals surface area (Å²) in [6.07, 6.45) is 3.56. The van der Waals surface area contributed by atoms with Crippen LogP contribution >= 0.6 is 24.8 Å². The van der Waals surface area contributed by atoms with Gasteiger partial charge in [-0.1, -0.05) is 63.2 Å². The quantitative estimate of drug-likeness (QED) is 0.120. The number of carboxylic acid groups (broad SMARTS) is 1. The van der Waals surface area contributed by atoms with Gasteiger partial charge in [-0.15, -0.1) is 24.8 Å². The fourth-order valence-electron chi connectivity index (χ4n) is 5.32. The highest BCUT2D eigenvalue weighted by molar-refractivity contribution is 5.86. The van der Waals surface area contributed by atoms with Gasteiger partial charge in [0.25, 0.3) is 0 Å². The first-order chi connectivity index (χ1) is 19.9. The molecule has 8 nitrogen and oxygen atoms in total. The fourth-order valence-corrected chi connectivity index (χ4v) is 5.32. The number of halogens is 2. The monoisotopic (exact) mass is 623 g/mol. The molecule has 5 aromatic rings. The largest absolute Gasteiger partial charge is 0.511 e. The minimum atomic E-state index is -1.32. The topological polar surface area (TPSA) is 85.4 Å². The van der Waals surface area contributed by atoms with E-state index in [9.17, 15) is 4.79 Å². The second-order valence-electron chi connectivity index (χ2n) is 10.2. The van der Waals surface area contributed by atoms with Gasteiger partial charge in [0, 0.05) is 43.4 Å². The Labute approximate surface area is 265 Å². The van der Waals surface area contributed by atoms with E-state index >= 15 is 0 Å². The van der Waals surface area contributed by atoms with Crippen molar-refractivity contribution in [3.63, 3.8) is 0 Å². The van der Waals surface area contributed by atoms with E-state index in [-0.39, 0.29) is 24.8 Å². The van der Waals surface area contributed by atoms with E-state index < -0.39 is 6.16 Å². The fraction of sp³-hybridized carbons (Fsp3) is 0.303. The minimum Gasteiger partial charge on any atom is -0.449 e. The van der Waals surface area contributed by atoms with Crippen LogP contribution in [-0.2, 0) is 19.5 Å². The van der Waals surface area contributed by atoms with Crippen molar-refractivity contribution in [2.75, 3.05) is 19.6 Å². The lowest BCUT2D eigenvalue weighted by atomic mass is 10.0. The molecule has 0 radical (unpaired) electrons. The van der Waals surface area contributed by atoms with Crippen molar-refractivity contribution in [1.29, 1.82) is 0 Å². The lowest BCUT2D eigenvalue weighted by Crippen LogP contribution is -2.26.